The number of rotatable bonds is 8. The molecule has 2 aliphatic heterocycles. The fraction of sp³-hybridized carbons (Fsp3) is 0.423. The Labute approximate surface area is 194 Å². The molecule has 2 atom stereocenters. The molecule has 3 aromatic rings. The van der Waals surface area contributed by atoms with Crippen LogP contribution in [0.25, 0.3) is 0 Å². The first-order valence-electron chi connectivity index (χ1n) is 11.7. The molecule has 2 aromatic carbocycles. The first-order chi connectivity index (χ1) is 16.2. The van der Waals surface area contributed by atoms with Crippen LogP contribution in [0.2, 0.25) is 0 Å². The van der Waals surface area contributed by atoms with Crippen LogP contribution >= 0.6 is 0 Å². The van der Waals surface area contributed by atoms with Crippen molar-refractivity contribution in [3.8, 4) is 11.5 Å². The van der Waals surface area contributed by atoms with Gasteiger partial charge in [-0.15, -0.1) is 0 Å². The van der Waals surface area contributed by atoms with Crippen LogP contribution in [0.4, 0.5) is 0 Å². The second-order valence-electron chi connectivity index (χ2n) is 8.92. The number of methoxy groups -OCH3 is 1. The van der Waals surface area contributed by atoms with Gasteiger partial charge in [0, 0.05) is 18.5 Å². The first kappa shape index (κ1) is 21.5. The van der Waals surface area contributed by atoms with E-state index < -0.39 is 0 Å². The molecule has 172 valence electrons. The van der Waals surface area contributed by atoms with E-state index in [4.69, 9.17) is 9.47 Å². The van der Waals surface area contributed by atoms with Gasteiger partial charge in [-0.1, -0.05) is 36.4 Å². The van der Waals surface area contributed by atoms with Gasteiger partial charge in [-0.3, -0.25) is 4.79 Å². The van der Waals surface area contributed by atoms with E-state index >= 15 is 0 Å². The molecule has 0 N–H and O–H groups in total. The van der Waals surface area contributed by atoms with Gasteiger partial charge in [0.2, 0.25) is 5.91 Å². The standard InChI is InChI=1S/C26H30N4O3/c1-32-24-11-7-19(15-25(24)33-18-20-5-3-2-4-6-20)8-12-26(31)29-21-9-10-22(29)17-23(16-21)30-27-13-14-28-30/h2-7,11,13-15,21-23H,8-10,12,16-18H2,1H3. The number of ether oxygens (including phenoxy) is 2. The normalized spacial score (nSPS) is 21.7. The summed E-state index contributed by atoms with van der Waals surface area (Å²) in [7, 11) is 1.64. The largest absolute Gasteiger partial charge is 0.493 e. The van der Waals surface area contributed by atoms with Gasteiger partial charge in [0.25, 0.3) is 0 Å². The Kier molecular flexibility index (Phi) is 6.28. The summed E-state index contributed by atoms with van der Waals surface area (Å²) in [6.07, 6.45) is 8.68. The van der Waals surface area contributed by atoms with Gasteiger partial charge in [-0.2, -0.15) is 15.0 Å². The van der Waals surface area contributed by atoms with Crippen molar-refractivity contribution in [3.05, 3.63) is 72.1 Å². The van der Waals surface area contributed by atoms with Gasteiger partial charge < -0.3 is 14.4 Å². The van der Waals surface area contributed by atoms with E-state index in [1.54, 1.807) is 19.5 Å². The maximum absolute atomic E-state index is 13.2. The summed E-state index contributed by atoms with van der Waals surface area (Å²) in [5, 5.41) is 8.64. The SMILES string of the molecule is COc1ccc(CCC(=O)N2C3CCC2CC(n2nccn2)C3)cc1OCc1ccccc1. The van der Waals surface area contributed by atoms with Crippen LogP contribution in [0, 0.1) is 0 Å². The fourth-order valence-electron chi connectivity index (χ4n) is 5.26. The van der Waals surface area contributed by atoms with Crippen molar-refractivity contribution in [2.75, 3.05) is 7.11 Å². The maximum Gasteiger partial charge on any atom is 0.223 e. The van der Waals surface area contributed by atoms with Crippen molar-refractivity contribution >= 4 is 5.91 Å². The third-order valence-corrected chi connectivity index (χ3v) is 6.85. The van der Waals surface area contributed by atoms with Crippen LogP contribution in [-0.2, 0) is 17.8 Å². The minimum Gasteiger partial charge on any atom is -0.493 e. The molecule has 0 saturated carbocycles. The number of hydrogen-bond acceptors (Lipinski definition) is 5. The molecule has 7 heteroatoms. The van der Waals surface area contributed by atoms with Crippen molar-refractivity contribution in [2.45, 2.75) is 63.3 Å². The summed E-state index contributed by atoms with van der Waals surface area (Å²) in [5.74, 6) is 1.66. The van der Waals surface area contributed by atoms with Crippen molar-refractivity contribution in [3.63, 3.8) is 0 Å². The summed E-state index contributed by atoms with van der Waals surface area (Å²) in [6.45, 7) is 0.475. The van der Waals surface area contributed by atoms with Gasteiger partial charge in [0.1, 0.15) is 6.61 Å². The van der Waals surface area contributed by atoms with Gasteiger partial charge >= 0.3 is 0 Å². The molecule has 7 nitrogen and oxygen atoms in total. The minimum absolute atomic E-state index is 0.247. The molecule has 2 unspecified atom stereocenters. The molecule has 2 saturated heterocycles. The minimum atomic E-state index is 0.247. The van der Waals surface area contributed by atoms with E-state index in [9.17, 15) is 4.79 Å². The number of benzene rings is 2. The van der Waals surface area contributed by atoms with E-state index in [-0.39, 0.29) is 5.91 Å². The second kappa shape index (κ2) is 9.65. The van der Waals surface area contributed by atoms with E-state index in [1.165, 1.54) is 0 Å². The lowest BCUT2D eigenvalue weighted by molar-refractivity contribution is -0.136. The van der Waals surface area contributed by atoms with Gasteiger partial charge in [-0.05, 0) is 55.4 Å². The molecule has 0 radical (unpaired) electrons. The molecule has 0 spiro atoms. The Hall–Kier alpha value is -3.35. The molecule has 33 heavy (non-hydrogen) atoms. The van der Waals surface area contributed by atoms with Crippen LogP contribution in [-0.4, -0.2) is 45.0 Å². The molecule has 2 aliphatic rings. The lowest BCUT2D eigenvalue weighted by Crippen LogP contribution is -2.47. The maximum atomic E-state index is 13.2. The fourth-order valence-corrected chi connectivity index (χ4v) is 5.26. The smallest absolute Gasteiger partial charge is 0.223 e. The predicted molar refractivity (Wildman–Crippen MR) is 124 cm³/mol. The molecular weight excluding hydrogens is 416 g/mol. The zero-order chi connectivity index (χ0) is 22.6. The molecule has 0 aliphatic carbocycles. The number of carbonyl (C=O) groups is 1. The zero-order valence-electron chi connectivity index (χ0n) is 19.0. The number of carbonyl (C=O) groups excluding carboxylic acids is 1. The van der Waals surface area contributed by atoms with Crippen LogP contribution in [0.5, 0.6) is 11.5 Å². The zero-order valence-corrected chi connectivity index (χ0v) is 19.0. The molecule has 2 fully saturated rings. The average molecular weight is 447 g/mol. The van der Waals surface area contributed by atoms with Crippen LogP contribution in [0.1, 0.15) is 49.3 Å². The highest BCUT2D eigenvalue weighted by atomic mass is 16.5. The van der Waals surface area contributed by atoms with Crippen LogP contribution in [0.15, 0.2) is 60.9 Å². The van der Waals surface area contributed by atoms with Crippen LogP contribution in [0.3, 0.4) is 0 Å². The van der Waals surface area contributed by atoms with E-state index in [0.29, 0.717) is 49.1 Å². The molecule has 1 aromatic heterocycles. The lowest BCUT2D eigenvalue weighted by atomic mass is 9.97. The Morgan fingerprint density at radius 3 is 2.36 bits per heavy atom. The van der Waals surface area contributed by atoms with Gasteiger partial charge in [-0.25, -0.2) is 0 Å². The monoisotopic (exact) mass is 446 g/mol. The summed E-state index contributed by atoms with van der Waals surface area (Å²) < 4.78 is 11.5. The summed E-state index contributed by atoms with van der Waals surface area (Å²) in [4.78, 5) is 17.1. The van der Waals surface area contributed by atoms with Crippen molar-refractivity contribution in [2.24, 2.45) is 0 Å². The highest BCUT2D eigenvalue weighted by Gasteiger charge is 2.43. The number of fused-ring (bicyclic) bond motifs is 2. The number of aryl methyl sites for hydroxylation is 1. The predicted octanol–water partition coefficient (Wildman–Crippen LogP) is 4.19. The lowest BCUT2D eigenvalue weighted by Gasteiger charge is -2.38. The van der Waals surface area contributed by atoms with Crippen molar-refractivity contribution in [1.29, 1.82) is 0 Å². The highest BCUT2D eigenvalue weighted by molar-refractivity contribution is 5.77. The second-order valence-corrected chi connectivity index (χ2v) is 8.92. The van der Waals surface area contributed by atoms with E-state index in [0.717, 1.165) is 36.8 Å². The van der Waals surface area contributed by atoms with Crippen molar-refractivity contribution < 1.29 is 14.3 Å². The third kappa shape index (κ3) is 4.72. The number of aromatic nitrogens is 3. The van der Waals surface area contributed by atoms with Gasteiger partial charge in [0.05, 0.1) is 25.5 Å². The number of piperidine rings is 1. The molecule has 1 amide bonds. The Morgan fingerprint density at radius 1 is 0.939 bits per heavy atom. The summed E-state index contributed by atoms with van der Waals surface area (Å²) in [5.41, 5.74) is 2.18. The molecule has 5 rings (SSSR count). The first-order valence-corrected chi connectivity index (χ1v) is 11.7. The third-order valence-electron chi connectivity index (χ3n) is 6.85. The molecule has 2 bridgehead atoms. The average Bonchev–Trinajstić information content (AvgIpc) is 3.48. The summed E-state index contributed by atoms with van der Waals surface area (Å²) >= 11 is 0. The molecule has 3 heterocycles. The number of nitrogens with zero attached hydrogens (tertiary/aromatic N) is 4. The topological polar surface area (TPSA) is 69.5 Å². The number of amides is 1. The van der Waals surface area contributed by atoms with Crippen LogP contribution < -0.4 is 9.47 Å². The highest BCUT2D eigenvalue weighted by Crippen LogP contribution is 2.40. The Morgan fingerprint density at radius 2 is 1.67 bits per heavy atom. The Balaban J connectivity index is 1.20. The summed E-state index contributed by atoms with van der Waals surface area (Å²) in [6, 6.07) is 16.9. The van der Waals surface area contributed by atoms with Crippen molar-refractivity contribution in [1.82, 2.24) is 19.9 Å². The number of hydrogen-bond donors (Lipinski definition) is 0. The molecular formula is C26H30N4O3. The quantitative estimate of drug-likeness (QED) is 0.519. The van der Waals surface area contributed by atoms with Gasteiger partial charge in [0.15, 0.2) is 11.5 Å². The Bertz CT molecular complexity index is 1060. The van der Waals surface area contributed by atoms with E-state index in [2.05, 4.69) is 15.1 Å². The van der Waals surface area contributed by atoms with E-state index in [1.807, 2.05) is 53.3 Å².